The summed E-state index contributed by atoms with van der Waals surface area (Å²) in [5, 5.41) is 4.14. The number of pyridine rings is 2. The molecule has 0 atom stereocenters. The highest BCUT2D eigenvalue weighted by Crippen LogP contribution is 2.17. The van der Waals surface area contributed by atoms with Crippen molar-refractivity contribution in [2.45, 2.75) is 39.2 Å². The fourth-order valence-electron chi connectivity index (χ4n) is 3.44. The molecule has 3 aromatic heterocycles. The number of likely N-dealkylation sites (tertiary alicyclic amines) is 1. The van der Waals surface area contributed by atoms with Crippen LogP contribution in [0, 0.1) is 0 Å². The second-order valence-corrected chi connectivity index (χ2v) is 7.43. The van der Waals surface area contributed by atoms with Crippen LogP contribution in [0.25, 0.3) is 5.65 Å². The average Bonchev–Trinajstić information content (AvgIpc) is 3.42. The van der Waals surface area contributed by atoms with Gasteiger partial charge >= 0.3 is 6.61 Å². The first-order valence-electron chi connectivity index (χ1n) is 10.7. The summed E-state index contributed by atoms with van der Waals surface area (Å²) in [7, 11) is 1.84. The van der Waals surface area contributed by atoms with Crippen LogP contribution in [0.2, 0.25) is 0 Å². The van der Waals surface area contributed by atoms with Gasteiger partial charge in [-0.3, -0.25) is 4.79 Å². The molecule has 4 heterocycles. The predicted octanol–water partition coefficient (Wildman–Crippen LogP) is 3.42. The Morgan fingerprint density at radius 3 is 2.72 bits per heavy atom. The fraction of sp³-hybridized carbons (Fsp3) is 0.455. The highest BCUT2D eigenvalue weighted by molar-refractivity contribution is 5.78. The molecule has 10 heteroatoms. The van der Waals surface area contributed by atoms with Crippen molar-refractivity contribution in [1.82, 2.24) is 24.5 Å². The van der Waals surface area contributed by atoms with Crippen LogP contribution < -0.4 is 9.64 Å². The third kappa shape index (κ3) is 6.35. The van der Waals surface area contributed by atoms with Gasteiger partial charge in [0.2, 0.25) is 5.91 Å². The Labute approximate surface area is 185 Å². The minimum atomic E-state index is -2.85. The number of aryl methyl sites for hydroxylation is 1. The number of carbonyl (C=O) groups is 1. The minimum Gasteiger partial charge on any atom is -0.433 e. The van der Waals surface area contributed by atoms with E-state index in [-0.39, 0.29) is 11.7 Å². The van der Waals surface area contributed by atoms with Crippen molar-refractivity contribution in [3.8, 4) is 5.75 Å². The molecule has 0 aromatic carbocycles. The number of carbonyl (C=O) groups excluding carboxylic acids is 1. The zero-order valence-corrected chi connectivity index (χ0v) is 18.3. The molecule has 1 aliphatic heterocycles. The molecular weight excluding hydrogens is 418 g/mol. The maximum atomic E-state index is 12.0. The van der Waals surface area contributed by atoms with Gasteiger partial charge in [-0.2, -0.15) is 13.9 Å². The number of alkyl halides is 2. The Morgan fingerprint density at radius 2 is 2.06 bits per heavy atom. The van der Waals surface area contributed by atoms with Gasteiger partial charge in [-0.1, -0.05) is 19.4 Å². The number of hydrogen-bond donors (Lipinski definition) is 0. The molecule has 1 saturated heterocycles. The van der Waals surface area contributed by atoms with Crippen molar-refractivity contribution < 1.29 is 18.3 Å². The van der Waals surface area contributed by atoms with Gasteiger partial charge in [0, 0.05) is 38.8 Å². The van der Waals surface area contributed by atoms with Crippen molar-refractivity contribution in [2.75, 3.05) is 31.6 Å². The van der Waals surface area contributed by atoms with Gasteiger partial charge < -0.3 is 14.5 Å². The molecule has 8 nitrogen and oxygen atoms in total. The summed E-state index contributed by atoms with van der Waals surface area (Å²) in [5.74, 6) is 0.872. The molecule has 1 aliphatic rings. The number of rotatable bonds is 8. The van der Waals surface area contributed by atoms with E-state index in [4.69, 9.17) is 0 Å². The first-order valence-corrected chi connectivity index (χ1v) is 10.7. The largest absolute Gasteiger partial charge is 0.433 e. The molecule has 3 aromatic rings. The Balaban J connectivity index is 0.000000204. The van der Waals surface area contributed by atoms with Gasteiger partial charge in [0.1, 0.15) is 17.9 Å². The molecular formula is C22H28F2N6O2. The van der Waals surface area contributed by atoms with Gasteiger partial charge in [-0.25, -0.2) is 14.5 Å². The molecule has 0 aliphatic carbocycles. The van der Waals surface area contributed by atoms with Gasteiger partial charge in [0.15, 0.2) is 5.65 Å². The second kappa shape index (κ2) is 11.4. The molecule has 172 valence electrons. The van der Waals surface area contributed by atoms with Gasteiger partial charge in [0.05, 0.1) is 6.20 Å². The second-order valence-electron chi connectivity index (χ2n) is 7.43. The lowest BCUT2D eigenvalue weighted by atomic mass is 10.2. The van der Waals surface area contributed by atoms with Crippen molar-refractivity contribution in [2.24, 2.45) is 0 Å². The summed E-state index contributed by atoms with van der Waals surface area (Å²) in [4.78, 5) is 23.3. The minimum absolute atomic E-state index is 0.0341. The normalized spacial score (nSPS) is 13.4. The maximum absolute atomic E-state index is 12.0. The number of nitrogens with zero attached hydrogens (tertiary/aromatic N) is 6. The molecule has 1 fully saturated rings. The number of halogens is 2. The van der Waals surface area contributed by atoms with E-state index in [0.717, 1.165) is 31.5 Å². The zero-order chi connectivity index (χ0) is 22.9. The Bertz CT molecular complexity index is 996. The standard InChI is InChI=1S/C13H17F2N3O2.C9H11N3/c1-17(7-8-18-6-2-3-12(18)19)11-5-4-10(9-16-11)20-13(14)15;1-2-4-8-5-3-6-9-10-7-11-12(8)9/h4-5,9,13H,2-3,6-8H2,1H3;3,5-7H,2,4H2,1H3. The zero-order valence-electron chi connectivity index (χ0n) is 18.3. The Morgan fingerprint density at radius 1 is 1.22 bits per heavy atom. The number of likely N-dealkylation sites (N-methyl/N-ethyl adjacent to an activating group) is 1. The lowest BCUT2D eigenvalue weighted by molar-refractivity contribution is -0.127. The molecule has 0 radical (unpaired) electrons. The van der Waals surface area contributed by atoms with Crippen molar-refractivity contribution in [3.05, 3.63) is 48.5 Å². The summed E-state index contributed by atoms with van der Waals surface area (Å²) in [5.41, 5.74) is 2.16. The smallest absolute Gasteiger partial charge is 0.387 e. The molecule has 0 N–H and O–H groups in total. The van der Waals surface area contributed by atoms with Crippen LogP contribution in [0.15, 0.2) is 42.9 Å². The van der Waals surface area contributed by atoms with Crippen LogP contribution in [-0.4, -0.2) is 63.7 Å². The highest BCUT2D eigenvalue weighted by atomic mass is 19.3. The third-order valence-electron chi connectivity index (χ3n) is 5.10. The summed E-state index contributed by atoms with van der Waals surface area (Å²) in [6.07, 6.45) is 6.59. The van der Waals surface area contributed by atoms with Crippen molar-refractivity contribution >= 4 is 17.4 Å². The first-order chi connectivity index (χ1) is 15.5. The number of ether oxygens (including phenoxy) is 1. The van der Waals surface area contributed by atoms with Crippen LogP contribution in [-0.2, 0) is 11.2 Å². The summed E-state index contributed by atoms with van der Waals surface area (Å²) in [6.45, 7) is 1.42. The lowest BCUT2D eigenvalue weighted by Crippen LogP contribution is -2.34. The molecule has 0 unspecified atom stereocenters. The van der Waals surface area contributed by atoms with E-state index in [1.807, 2.05) is 33.5 Å². The molecule has 0 spiro atoms. The number of hydrogen-bond acceptors (Lipinski definition) is 6. The summed E-state index contributed by atoms with van der Waals surface area (Å²) < 4.78 is 30.2. The molecule has 0 saturated carbocycles. The number of aromatic nitrogens is 4. The Hall–Kier alpha value is -3.30. The molecule has 0 bridgehead atoms. The van der Waals surface area contributed by atoms with Crippen molar-refractivity contribution in [3.63, 3.8) is 0 Å². The SMILES string of the molecule is CCCc1cccc2ncnn12.CN(CCN1CCCC1=O)c1ccc(OC(F)F)cn1. The van der Waals surface area contributed by atoms with E-state index in [1.54, 1.807) is 12.4 Å². The molecule has 4 rings (SSSR count). The summed E-state index contributed by atoms with van der Waals surface area (Å²) in [6, 6.07) is 9.14. The van der Waals surface area contributed by atoms with E-state index in [9.17, 15) is 13.6 Å². The average molecular weight is 447 g/mol. The van der Waals surface area contributed by atoms with E-state index < -0.39 is 6.61 Å². The number of amides is 1. The van der Waals surface area contributed by atoms with E-state index >= 15 is 0 Å². The quantitative estimate of drug-likeness (QED) is 0.528. The molecule has 32 heavy (non-hydrogen) atoms. The monoisotopic (exact) mass is 446 g/mol. The van der Waals surface area contributed by atoms with Gasteiger partial charge in [-0.15, -0.1) is 0 Å². The fourth-order valence-corrected chi connectivity index (χ4v) is 3.44. The molecule has 1 amide bonds. The van der Waals surface area contributed by atoms with Gasteiger partial charge in [0.25, 0.3) is 0 Å². The van der Waals surface area contributed by atoms with E-state index in [0.29, 0.717) is 25.3 Å². The topological polar surface area (TPSA) is 75.9 Å². The first kappa shape index (κ1) is 23.4. The number of fused-ring (bicyclic) bond motifs is 1. The van der Waals surface area contributed by atoms with Crippen LogP contribution in [0.4, 0.5) is 14.6 Å². The number of anilines is 1. The van der Waals surface area contributed by atoms with Gasteiger partial charge in [-0.05, 0) is 37.1 Å². The van der Waals surface area contributed by atoms with E-state index in [1.165, 1.54) is 18.0 Å². The highest BCUT2D eigenvalue weighted by Gasteiger charge is 2.20. The van der Waals surface area contributed by atoms with Crippen LogP contribution >= 0.6 is 0 Å². The predicted molar refractivity (Wildman–Crippen MR) is 117 cm³/mol. The Kier molecular flexibility index (Phi) is 8.29. The lowest BCUT2D eigenvalue weighted by Gasteiger charge is -2.22. The summed E-state index contributed by atoms with van der Waals surface area (Å²) >= 11 is 0. The van der Waals surface area contributed by atoms with Crippen LogP contribution in [0.5, 0.6) is 5.75 Å². The maximum Gasteiger partial charge on any atom is 0.387 e. The van der Waals surface area contributed by atoms with E-state index in [2.05, 4.69) is 32.8 Å². The third-order valence-corrected chi connectivity index (χ3v) is 5.10. The van der Waals surface area contributed by atoms with Crippen LogP contribution in [0.3, 0.4) is 0 Å². The van der Waals surface area contributed by atoms with Crippen LogP contribution in [0.1, 0.15) is 31.9 Å². The van der Waals surface area contributed by atoms with Crippen molar-refractivity contribution in [1.29, 1.82) is 0 Å².